The van der Waals surface area contributed by atoms with Crippen LogP contribution in [-0.4, -0.2) is 18.5 Å². The molecule has 19 heavy (non-hydrogen) atoms. The number of rotatable bonds is 5. The number of allylic oxidation sites excluding steroid dienone is 1. The summed E-state index contributed by atoms with van der Waals surface area (Å²) in [4.78, 5) is 2.23. The highest BCUT2D eigenvalue weighted by Crippen LogP contribution is 2.26. The maximum absolute atomic E-state index is 4.21. The van der Waals surface area contributed by atoms with Gasteiger partial charge in [-0.2, -0.15) is 0 Å². The fraction of sp³-hybridized carbons (Fsp3) is 0.444. The smallest absolute Gasteiger partial charge is 0.0360 e. The average molecular weight is 255 g/mol. The molecule has 1 aliphatic heterocycles. The molecule has 0 radical (unpaired) electrons. The summed E-state index contributed by atoms with van der Waals surface area (Å²) >= 11 is 0. The van der Waals surface area contributed by atoms with Gasteiger partial charge in [-0.15, -0.1) is 0 Å². The van der Waals surface area contributed by atoms with Gasteiger partial charge in [0.25, 0.3) is 0 Å². The minimum atomic E-state index is 0.503. The van der Waals surface area contributed by atoms with Crippen LogP contribution in [-0.2, 0) is 0 Å². The van der Waals surface area contributed by atoms with Gasteiger partial charge >= 0.3 is 0 Å². The second-order valence-electron chi connectivity index (χ2n) is 5.66. The quantitative estimate of drug-likeness (QED) is 0.731. The first-order chi connectivity index (χ1) is 9.13. The largest absolute Gasteiger partial charge is 0.376 e. The molecule has 0 aromatic heterocycles. The number of hydrogen-bond acceptors (Lipinski definition) is 1. The van der Waals surface area contributed by atoms with Crippen LogP contribution in [0.4, 0.5) is 0 Å². The zero-order valence-corrected chi connectivity index (χ0v) is 12.4. The molecule has 1 aliphatic rings. The highest BCUT2D eigenvalue weighted by Gasteiger charge is 2.14. The molecule has 0 N–H and O–H groups in total. The van der Waals surface area contributed by atoms with E-state index >= 15 is 0 Å². The molecule has 0 saturated carbocycles. The Hall–Kier alpha value is -1.50. The predicted octanol–water partition coefficient (Wildman–Crippen LogP) is 3.00. The number of unbranched alkanes of at least 4 members (excludes halogenated alkanes) is 1. The molecule has 1 nitrogen and oxygen atoms in total. The molecule has 1 heteroatoms. The molecule has 0 saturated heterocycles. The first-order valence-corrected chi connectivity index (χ1v) is 7.30. The van der Waals surface area contributed by atoms with Crippen molar-refractivity contribution in [2.24, 2.45) is 0 Å². The van der Waals surface area contributed by atoms with Crippen LogP contribution in [0.5, 0.6) is 0 Å². The summed E-state index contributed by atoms with van der Waals surface area (Å²) in [5, 5.41) is 2.76. The van der Waals surface area contributed by atoms with E-state index in [1.54, 1.807) is 0 Å². The van der Waals surface area contributed by atoms with E-state index in [0.717, 1.165) is 6.54 Å². The van der Waals surface area contributed by atoms with E-state index in [9.17, 15) is 0 Å². The zero-order valence-electron chi connectivity index (χ0n) is 12.4. The van der Waals surface area contributed by atoms with Crippen molar-refractivity contribution in [1.82, 2.24) is 4.90 Å². The van der Waals surface area contributed by atoms with E-state index < -0.39 is 0 Å². The Labute approximate surface area is 116 Å². The Morgan fingerprint density at radius 3 is 2.89 bits per heavy atom. The van der Waals surface area contributed by atoms with Crippen molar-refractivity contribution in [2.45, 2.75) is 39.0 Å². The summed E-state index contributed by atoms with van der Waals surface area (Å²) in [5.74, 6) is 0.503. The lowest BCUT2D eigenvalue weighted by molar-refractivity contribution is 0.562. The standard InChI is InChI=1S/C18H25N/c1-5-6-9-16(14(2)3)18-10-7-8-15-13-19(4)12-11-17(15)18/h7-8,10-11,13,16H,2,5-6,9,12H2,1,3-4H3. The molecule has 0 bridgehead atoms. The highest BCUT2D eigenvalue weighted by molar-refractivity contribution is 5.43. The van der Waals surface area contributed by atoms with Crippen LogP contribution < -0.4 is 10.4 Å². The van der Waals surface area contributed by atoms with Gasteiger partial charge in [-0.3, -0.25) is 0 Å². The second-order valence-corrected chi connectivity index (χ2v) is 5.66. The van der Waals surface area contributed by atoms with Crippen molar-refractivity contribution in [3.8, 4) is 0 Å². The summed E-state index contributed by atoms with van der Waals surface area (Å²) in [6, 6.07) is 6.67. The van der Waals surface area contributed by atoms with E-state index in [4.69, 9.17) is 0 Å². The summed E-state index contributed by atoms with van der Waals surface area (Å²) < 4.78 is 0. The van der Waals surface area contributed by atoms with Crippen LogP contribution in [0, 0.1) is 0 Å². The van der Waals surface area contributed by atoms with E-state index in [2.05, 4.69) is 62.8 Å². The Morgan fingerprint density at radius 2 is 2.21 bits per heavy atom. The van der Waals surface area contributed by atoms with Crippen LogP contribution in [0.2, 0.25) is 0 Å². The zero-order chi connectivity index (χ0) is 13.8. The fourth-order valence-corrected chi connectivity index (χ4v) is 2.85. The SMILES string of the molecule is C=C(C)C(CCCC)c1cccc2c1=CCN(C)C=2. The maximum atomic E-state index is 4.21. The third-order valence-corrected chi connectivity index (χ3v) is 3.93. The summed E-state index contributed by atoms with van der Waals surface area (Å²) in [6.45, 7) is 9.63. The van der Waals surface area contributed by atoms with Gasteiger partial charge < -0.3 is 4.90 Å². The van der Waals surface area contributed by atoms with Crippen molar-refractivity contribution in [1.29, 1.82) is 0 Å². The molecule has 1 atom stereocenters. The van der Waals surface area contributed by atoms with E-state index in [0.29, 0.717) is 5.92 Å². The fourth-order valence-electron chi connectivity index (χ4n) is 2.85. The molecule has 0 aliphatic carbocycles. The first-order valence-electron chi connectivity index (χ1n) is 7.30. The summed E-state index contributed by atoms with van der Waals surface area (Å²) in [5.41, 5.74) is 2.75. The van der Waals surface area contributed by atoms with E-state index in [-0.39, 0.29) is 0 Å². The van der Waals surface area contributed by atoms with Gasteiger partial charge in [0.05, 0.1) is 0 Å². The third-order valence-electron chi connectivity index (χ3n) is 3.93. The Morgan fingerprint density at radius 1 is 1.42 bits per heavy atom. The minimum Gasteiger partial charge on any atom is -0.376 e. The molecular formula is C18H25N. The molecule has 1 aromatic carbocycles. The second kappa shape index (κ2) is 6.10. The van der Waals surface area contributed by atoms with Crippen molar-refractivity contribution in [2.75, 3.05) is 13.6 Å². The van der Waals surface area contributed by atoms with Crippen LogP contribution in [0.1, 0.15) is 44.6 Å². The number of benzene rings is 1. The summed E-state index contributed by atoms with van der Waals surface area (Å²) in [7, 11) is 2.12. The molecular weight excluding hydrogens is 230 g/mol. The van der Waals surface area contributed by atoms with Gasteiger partial charge in [-0.25, -0.2) is 0 Å². The Kier molecular flexibility index (Phi) is 4.47. The van der Waals surface area contributed by atoms with Gasteiger partial charge in [0.2, 0.25) is 0 Å². The minimum absolute atomic E-state index is 0.503. The van der Waals surface area contributed by atoms with Gasteiger partial charge in [-0.1, -0.05) is 56.2 Å². The van der Waals surface area contributed by atoms with Crippen molar-refractivity contribution >= 4 is 12.3 Å². The maximum Gasteiger partial charge on any atom is 0.0360 e. The number of hydrogen-bond donors (Lipinski definition) is 0. The van der Waals surface area contributed by atoms with Crippen LogP contribution in [0.15, 0.2) is 30.4 Å². The normalized spacial score (nSPS) is 15.2. The number of fused-ring (bicyclic) bond motifs is 1. The monoisotopic (exact) mass is 255 g/mol. The summed E-state index contributed by atoms with van der Waals surface area (Å²) in [6.07, 6.45) is 8.33. The van der Waals surface area contributed by atoms with Gasteiger partial charge in [0, 0.05) is 25.7 Å². The average Bonchev–Trinajstić information content (AvgIpc) is 2.38. The molecule has 0 spiro atoms. The molecule has 1 heterocycles. The van der Waals surface area contributed by atoms with Crippen LogP contribution >= 0.6 is 0 Å². The lowest BCUT2D eigenvalue weighted by Crippen LogP contribution is -2.37. The van der Waals surface area contributed by atoms with E-state index in [1.165, 1.54) is 40.8 Å². The molecule has 1 aromatic rings. The number of nitrogens with zero attached hydrogens (tertiary/aromatic N) is 1. The lowest BCUT2D eigenvalue weighted by Gasteiger charge is -2.21. The Balaban J connectivity index is 2.48. The van der Waals surface area contributed by atoms with Crippen molar-refractivity contribution in [3.63, 3.8) is 0 Å². The Bertz CT molecular complexity index is 568. The molecule has 0 amide bonds. The predicted molar refractivity (Wildman–Crippen MR) is 84.3 cm³/mol. The molecule has 1 unspecified atom stereocenters. The molecule has 0 fully saturated rings. The van der Waals surface area contributed by atoms with Gasteiger partial charge in [0.1, 0.15) is 0 Å². The third kappa shape index (κ3) is 3.09. The van der Waals surface area contributed by atoms with Crippen LogP contribution in [0.3, 0.4) is 0 Å². The van der Waals surface area contributed by atoms with Crippen molar-refractivity contribution in [3.05, 3.63) is 46.4 Å². The molecule has 102 valence electrons. The lowest BCUT2D eigenvalue weighted by atomic mass is 9.86. The highest BCUT2D eigenvalue weighted by atomic mass is 15.1. The first kappa shape index (κ1) is 13.9. The van der Waals surface area contributed by atoms with Gasteiger partial charge in [-0.05, 0) is 29.3 Å². The topological polar surface area (TPSA) is 3.24 Å². The van der Waals surface area contributed by atoms with Crippen molar-refractivity contribution < 1.29 is 0 Å². The molecule has 2 rings (SSSR count). The van der Waals surface area contributed by atoms with Gasteiger partial charge in [0.15, 0.2) is 0 Å². The van der Waals surface area contributed by atoms with E-state index in [1.807, 2.05) is 0 Å². The van der Waals surface area contributed by atoms with Crippen LogP contribution in [0.25, 0.3) is 12.3 Å².